The van der Waals surface area contributed by atoms with Gasteiger partial charge in [-0.2, -0.15) is 0 Å². The van der Waals surface area contributed by atoms with Gasteiger partial charge < -0.3 is 24.8 Å². The van der Waals surface area contributed by atoms with E-state index in [0.717, 1.165) is 37.7 Å². The minimum absolute atomic E-state index is 0.234. The molecule has 0 unspecified atom stereocenters. The molecule has 4 heterocycles. The Hall–Kier alpha value is -4.89. The number of aldehydes is 1. The molecule has 0 aliphatic heterocycles. The van der Waals surface area contributed by atoms with Crippen molar-refractivity contribution >= 4 is 56.0 Å². The van der Waals surface area contributed by atoms with Crippen molar-refractivity contribution in [2.45, 2.75) is 0 Å². The fraction of sp³-hybridized carbons (Fsp3) is 0.0690. The predicted octanol–water partition coefficient (Wildman–Crippen LogP) is 6.37. The summed E-state index contributed by atoms with van der Waals surface area (Å²) in [5.41, 5.74) is 10.9. The average molecular weight is 523 g/mol. The number of fused-ring (bicyclic) bond motifs is 2. The van der Waals surface area contributed by atoms with Crippen LogP contribution in [0.2, 0.25) is 0 Å². The van der Waals surface area contributed by atoms with Crippen LogP contribution in [0.25, 0.3) is 43.4 Å². The minimum Gasteiger partial charge on any atom is -0.495 e. The van der Waals surface area contributed by atoms with Crippen LogP contribution < -0.4 is 15.8 Å². The number of rotatable bonds is 6. The number of amides is 1. The lowest BCUT2D eigenvalue weighted by Gasteiger charge is -2.13. The molecule has 0 atom stereocenters. The number of furan rings is 1. The number of carbonyl (C=O) groups excluding carboxylic acids is 2. The smallest absolute Gasteiger partial charge is 0.272 e. The first-order chi connectivity index (χ1) is 18.5. The summed E-state index contributed by atoms with van der Waals surface area (Å²) in [6.07, 6.45) is 2.32. The van der Waals surface area contributed by atoms with Gasteiger partial charge in [-0.05, 0) is 47.3 Å². The van der Waals surface area contributed by atoms with Crippen LogP contribution in [0, 0.1) is 0 Å². The summed E-state index contributed by atoms with van der Waals surface area (Å²) in [5, 5.41) is 6.76. The van der Waals surface area contributed by atoms with Gasteiger partial charge in [0.25, 0.3) is 5.91 Å². The number of aryl methyl sites for hydroxylation is 1. The van der Waals surface area contributed by atoms with Crippen molar-refractivity contribution in [2.75, 3.05) is 18.2 Å². The van der Waals surface area contributed by atoms with Crippen LogP contribution in [0.5, 0.6) is 5.75 Å². The van der Waals surface area contributed by atoms with Gasteiger partial charge in [-0.1, -0.05) is 24.3 Å². The SMILES string of the molecule is COc1cc(-c2csc3c(-c4ccc(C=O)o4)cnc(N)c23)ccc1NC(=O)c1cc2ccccc2n1C. The van der Waals surface area contributed by atoms with Crippen LogP contribution in [0.3, 0.4) is 0 Å². The molecule has 0 radical (unpaired) electrons. The average Bonchev–Trinajstić information content (AvgIpc) is 3.67. The van der Waals surface area contributed by atoms with Crippen LogP contribution >= 0.6 is 11.3 Å². The molecule has 0 aliphatic carbocycles. The van der Waals surface area contributed by atoms with Gasteiger partial charge in [0.2, 0.25) is 0 Å². The maximum atomic E-state index is 13.2. The summed E-state index contributed by atoms with van der Waals surface area (Å²) in [4.78, 5) is 28.6. The molecule has 0 bridgehead atoms. The lowest BCUT2D eigenvalue weighted by atomic mass is 10.0. The first-order valence-electron chi connectivity index (χ1n) is 11.7. The normalized spacial score (nSPS) is 11.2. The van der Waals surface area contributed by atoms with E-state index in [1.165, 1.54) is 11.3 Å². The topological polar surface area (TPSA) is 112 Å². The Bertz CT molecular complexity index is 1860. The molecular formula is C29H22N4O4S. The quantitative estimate of drug-likeness (QED) is 0.246. The molecule has 0 fully saturated rings. The van der Waals surface area contributed by atoms with E-state index in [4.69, 9.17) is 14.9 Å². The van der Waals surface area contributed by atoms with Crippen molar-refractivity contribution in [1.82, 2.24) is 9.55 Å². The number of hydrogen-bond donors (Lipinski definition) is 2. The highest BCUT2D eigenvalue weighted by Crippen LogP contribution is 2.43. The van der Waals surface area contributed by atoms with Crippen molar-refractivity contribution in [3.63, 3.8) is 0 Å². The molecule has 0 saturated carbocycles. The molecule has 0 spiro atoms. The van der Waals surface area contributed by atoms with Crippen LogP contribution in [0.15, 0.2) is 76.7 Å². The summed E-state index contributed by atoms with van der Waals surface area (Å²) in [6.45, 7) is 0. The van der Waals surface area contributed by atoms with E-state index in [9.17, 15) is 9.59 Å². The van der Waals surface area contributed by atoms with E-state index in [0.29, 0.717) is 35.0 Å². The first-order valence-corrected chi connectivity index (χ1v) is 12.6. The number of pyridine rings is 1. The number of nitrogens with two attached hydrogens (primary N) is 1. The van der Waals surface area contributed by atoms with Gasteiger partial charge >= 0.3 is 0 Å². The maximum Gasteiger partial charge on any atom is 0.272 e. The number of ether oxygens (including phenoxy) is 1. The number of nitrogens with one attached hydrogen (secondary N) is 1. The second-order valence-corrected chi connectivity index (χ2v) is 9.63. The number of hydrogen-bond acceptors (Lipinski definition) is 7. The summed E-state index contributed by atoms with van der Waals surface area (Å²) < 4.78 is 14.0. The Labute approximate surface area is 221 Å². The largest absolute Gasteiger partial charge is 0.495 e. The summed E-state index contributed by atoms with van der Waals surface area (Å²) in [5.74, 6) is 1.45. The van der Waals surface area contributed by atoms with Crippen molar-refractivity contribution in [1.29, 1.82) is 0 Å². The number of carbonyl (C=O) groups is 2. The molecule has 188 valence electrons. The number of nitrogen functional groups attached to an aromatic ring is 1. The number of nitrogens with zero attached hydrogens (tertiary/aromatic N) is 2. The standard InChI is InChI=1S/C29H22N4O4S/c1-33-22-6-4-3-5-17(22)11-23(33)29(35)32-21-9-7-16(12-25(21)36-2)20-15-38-27-19(13-31-28(30)26(20)27)24-10-8-18(14-34)37-24/h3-15H,1-2H3,(H2,30,31)(H,32,35). The van der Waals surface area contributed by atoms with Crippen molar-refractivity contribution < 1.29 is 18.7 Å². The zero-order chi connectivity index (χ0) is 26.4. The molecule has 6 rings (SSSR count). The fourth-order valence-electron chi connectivity index (χ4n) is 4.67. The van der Waals surface area contributed by atoms with Crippen LogP contribution in [-0.2, 0) is 7.05 Å². The number of aromatic nitrogens is 2. The van der Waals surface area contributed by atoms with E-state index in [2.05, 4.69) is 10.3 Å². The lowest BCUT2D eigenvalue weighted by Crippen LogP contribution is -2.16. The Morgan fingerprint density at radius 2 is 1.97 bits per heavy atom. The van der Waals surface area contributed by atoms with Gasteiger partial charge in [0, 0.05) is 35.1 Å². The van der Waals surface area contributed by atoms with Gasteiger partial charge in [-0.3, -0.25) is 9.59 Å². The summed E-state index contributed by atoms with van der Waals surface area (Å²) in [7, 11) is 3.43. The highest BCUT2D eigenvalue weighted by Gasteiger charge is 2.19. The van der Waals surface area contributed by atoms with E-state index in [-0.39, 0.29) is 11.7 Å². The van der Waals surface area contributed by atoms with E-state index in [1.807, 2.05) is 65.5 Å². The molecule has 2 aromatic carbocycles. The van der Waals surface area contributed by atoms with E-state index >= 15 is 0 Å². The number of thiophene rings is 1. The van der Waals surface area contributed by atoms with Gasteiger partial charge in [0.1, 0.15) is 23.0 Å². The Kier molecular flexibility index (Phi) is 5.69. The number of methoxy groups -OCH3 is 1. The molecule has 8 nitrogen and oxygen atoms in total. The highest BCUT2D eigenvalue weighted by molar-refractivity contribution is 7.18. The molecule has 9 heteroatoms. The van der Waals surface area contributed by atoms with Crippen LogP contribution in [0.1, 0.15) is 21.0 Å². The Balaban J connectivity index is 1.37. The monoisotopic (exact) mass is 522 g/mol. The third kappa shape index (κ3) is 3.80. The highest BCUT2D eigenvalue weighted by atomic mass is 32.1. The number of anilines is 2. The third-order valence-electron chi connectivity index (χ3n) is 6.58. The fourth-order valence-corrected chi connectivity index (χ4v) is 5.77. The third-order valence-corrected chi connectivity index (χ3v) is 7.59. The zero-order valence-electron chi connectivity index (χ0n) is 20.5. The second kappa shape index (κ2) is 9.20. The molecule has 38 heavy (non-hydrogen) atoms. The van der Waals surface area contributed by atoms with Gasteiger partial charge in [0.15, 0.2) is 12.0 Å². The molecule has 1 amide bonds. The maximum absolute atomic E-state index is 13.2. The molecular weight excluding hydrogens is 500 g/mol. The van der Waals surface area contributed by atoms with Crippen LogP contribution in [-0.4, -0.2) is 28.9 Å². The van der Waals surface area contributed by atoms with Gasteiger partial charge in [-0.15, -0.1) is 11.3 Å². The molecule has 4 aromatic heterocycles. The molecule has 0 aliphatic rings. The Morgan fingerprint density at radius 3 is 2.74 bits per heavy atom. The number of para-hydroxylation sites is 1. The van der Waals surface area contributed by atoms with Crippen LogP contribution in [0.4, 0.5) is 11.5 Å². The predicted molar refractivity (Wildman–Crippen MR) is 150 cm³/mol. The molecule has 6 aromatic rings. The van der Waals surface area contributed by atoms with Crippen molar-refractivity contribution in [3.8, 4) is 28.2 Å². The van der Waals surface area contributed by atoms with Crippen molar-refractivity contribution in [3.05, 3.63) is 83.7 Å². The molecule has 3 N–H and O–H groups in total. The Morgan fingerprint density at radius 1 is 1.13 bits per heavy atom. The first kappa shape index (κ1) is 23.5. The minimum atomic E-state index is -0.234. The summed E-state index contributed by atoms with van der Waals surface area (Å²) >= 11 is 1.51. The van der Waals surface area contributed by atoms with Gasteiger partial charge in [0.05, 0.1) is 23.1 Å². The zero-order valence-corrected chi connectivity index (χ0v) is 21.3. The second-order valence-electron chi connectivity index (χ2n) is 8.75. The summed E-state index contributed by atoms with van der Waals surface area (Å²) in [6, 6.07) is 18.7. The van der Waals surface area contributed by atoms with E-state index in [1.54, 1.807) is 25.4 Å². The molecule has 0 saturated heterocycles. The van der Waals surface area contributed by atoms with E-state index < -0.39 is 0 Å². The lowest BCUT2D eigenvalue weighted by molar-refractivity contribution is 0.101. The van der Waals surface area contributed by atoms with Gasteiger partial charge in [-0.25, -0.2) is 4.98 Å². The van der Waals surface area contributed by atoms with Crippen molar-refractivity contribution in [2.24, 2.45) is 7.05 Å². The number of benzene rings is 2.